The van der Waals surface area contributed by atoms with Crippen molar-refractivity contribution in [1.82, 2.24) is 15.0 Å². The largest absolute Gasteiger partial charge is 0.342 e. The Kier molecular flexibility index (Phi) is 4.69. The van der Waals surface area contributed by atoms with Crippen LogP contribution in [0.1, 0.15) is 55.8 Å². The standard InChI is InChI=1S/C23H29N3O2/c1-26(23-18-10-16-9-17(12-18)13-19(23)11-16)22(27)8-7-21-24-20(25-28-21)14-15-5-3-2-4-6-15/h2-6,16-19,23H,7-14H2,1H3. The molecule has 1 aromatic carbocycles. The molecule has 5 nitrogen and oxygen atoms in total. The quantitative estimate of drug-likeness (QED) is 0.764. The van der Waals surface area contributed by atoms with Crippen molar-refractivity contribution in [3.8, 4) is 0 Å². The summed E-state index contributed by atoms with van der Waals surface area (Å²) in [6, 6.07) is 10.6. The average molecular weight is 380 g/mol. The molecule has 2 aromatic rings. The first kappa shape index (κ1) is 17.9. The van der Waals surface area contributed by atoms with Crippen molar-refractivity contribution in [2.75, 3.05) is 7.05 Å². The molecule has 28 heavy (non-hydrogen) atoms. The molecule has 0 N–H and O–H groups in total. The normalized spacial score (nSPS) is 30.5. The van der Waals surface area contributed by atoms with Gasteiger partial charge in [-0.3, -0.25) is 4.79 Å². The van der Waals surface area contributed by atoms with Crippen LogP contribution in [0, 0.1) is 23.7 Å². The number of aromatic nitrogens is 2. The summed E-state index contributed by atoms with van der Waals surface area (Å²) in [5.74, 6) is 4.80. The zero-order chi connectivity index (χ0) is 19.1. The second-order valence-electron chi connectivity index (χ2n) is 9.19. The molecule has 4 aliphatic rings. The predicted octanol–water partition coefficient (Wildman–Crippen LogP) is 3.88. The van der Waals surface area contributed by atoms with E-state index in [4.69, 9.17) is 4.52 Å². The van der Waals surface area contributed by atoms with Gasteiger partial charge in [0.15, 0.2) is 5.82 Å². The summed E-state index contributed by atoms with van der Waals surface area (Å²) in [5, 5.41) is 4.07. The number of carbonyl (C=O) groups excluding carboxylic acids is 1. The molecule has 148 valence electrons. The second kappa shape index (κ2) is 7.34. The zero-order valence-electron chi connectivity index (χ0n) is 16.6. The van der Waals surface area contributed by atoms with E-state index < -0.39 is 0 Å². The molecule has 5 heteroatoms. The Bertz CT molecular complexity index is 803. The van der Waals surface area contributed by atoms with Crippen molar-refractivity contribution >= 4 is 5.91 Å². The maximum Gasteiger partial charge on any atom is 0.227 e. The molecule has 1 heterocycles. The Morgan fingerprint density at radius 3 is 2.43 bits per heavy atom. The lowest BCUT2D eigenvalue weighted by molar-refractivity contribution is -0.141. The molecule has 0 spiro atoms. The number of hydrogen-bond acceptors (Lipinski definition) is 4. The third-order valence-electron chi connectivity index (χ3n) is 7.29. The molecule has 4 fully saturated rings. The van der Waals surface area contributed by atoms with Crippen LogP contribution in [0.2, 0.25) is 0 Å². The van der Waals surface area contributed by atoms with Crippen LogP contribution in [-0.2, 0) is 17.6 Å². The van der Waals surface area contributed by atoms with E-state index in [9.17, 15) is 4.79 Å². The van der Waals surface area contributed by atoms with Crippen molar-refractivity contribution in [2.45, 2.75) is 57.4 Å². The number of aryl methyl sites for hydroxylation is 1. The SMILES string of the molecule is CN(C(=O)CCc1nc(Cc2ccccc2)no1)C1C2CC3CC(C2)CC1C3. The van der Waals surface area contributed by atoms with Gasteiger partial charge in [-0.2, -0.15) is 4.98 Å². The molecule has 1 amide bonds. The molecule has 1 aromatic heterocycles. The lowest BCUT2D eigenvalue weighted by atomic mass is 9.54. The molecule has 0 aliphatic heterocycles. The molecule has 4 aliphatic carbocycles. The summed E-state index contributed by atoms with van der Waals surface area (Å²) in [4.78, 5) is 19.4. The minimum Gasteiger partial charge on any atom is -0.342 e. The summed E-state index contributed by atoms with van der Waals surface area (Å²) in [6.45, 7) is 0. The van der Waals surface area contributed by atoms with Crippen LogP contribution in [-0.4, -0.2) is 34.0 Å². The average Bonchev–Trinajstić information content (AvgIpc) is 3.13. The van der Waals surface area contributed by atoms with Gasteiger partial charge in [-0.05, 0) is 61.3 Å². The van der Waals surface area contributed by atoms with Gasteiger partial charge < -0.3 is 9.42 Å². The summed E-state index contributed by atoms with van der Waals surface area (Å²) in [5.41, 5.74) is 1.16. The number of rotatable bonds is 6. The fourth-order valence-electron chi connectivity index (χ4n) is 6.33. The first-order chi connectivity index (χ1) is 13.7. The van der Waals surface area contributed by atoms with Gasteiger partial charge >= 0.3 is 0 Å². The van der Waals surface area contributed by atoms with Crippen molar-refractivity contribution in [1.29, 1.82) is 0 Å². The van der Waals surface area contributed by atoms with Crippen molar-refractivity contribution in [3.63, 3.8) is 0 Å². The number of amides is 1. The Labute approximate surface area is 166 Å². The minimum atomic E-state index is 0.222. The van der Waals surface area contributed by atoms with Crippen LogP contribution < -0.4 is 0 Å². The molecule has 6 rings (SSSR count). The van der Waals surface area contributed by atoms with Crippen molar-refractivity contribution in [2.24, 2.45) is 23.7 Å². The summed E-state index contributed by atoms with van der Waals surface area (Å²) in [6.07, 6.45) is 8.42. The van der Waals surface area contributed by atoms with Gasteiger partial charge in [0.2, 0.25) is 11.8 Å². The van der Waals surface area contributed by atoms with Crippen molar-refractivity contribution in [3.05, 3.63) is 47.6 Å². The topological polar surface area (TPSA) is 59.2 Å². The highest BCUT2D eigenvalue weighted by Crippen LogP contribution is 2.55. The van der Waals surface area contributed by atoms with E-state index in [0.717, 1.165) is 29.2 Å². The van der Waals surface area contributed by atoms with E-state index in [1.165, 1.54) is 32.1 Å². The lowest BCUT2D eigenvalue weighted by Crippen LogP contribution is -2.56. The van der Waals surface area contributed by atoms with Crippen LogP contribution in [0.25, 0.3) is 0 Å². The lowest BCUT2D eigenvalue weighted by Gasteiger charge is -2.56. The Hall–Kier alpha value is -2.17. The van der Waals surface area contributed by atoms with E-state index in [0.29, 0.717) is 37.0 Å². The Balaban J connectivity index is 1.16. The highest BCUT2D eigenvalue weighted by Gasteiger charge is 2.50. The number of hydrogen-bond donors (Lipinski definition) is 0. The maximum absolute atomic E-state index is 12.9. The fraction of sp³-hybridized carbons (Fsp3) is 0.609. The van der Waals surface area contributed by atoms with Crippen molar-refractivity contribution < 1.29 is 9.32 Å². The molecule has 4 bridgehead atoms. The van der Waals surface area contributed by atoms with Crippen LogP contribution in [0.4, 0.5) is 0 Å². The fourth-order valence-corrected chi connectivity index (χ4v) is 6.33. The summed E-state index contributed by atoms with van der Waals surface area (Å²) < 4.78 is 5.38. The molecule has 0 atom stereocenters. The molecular formula is C23H29N3O2. The van der Waals surface area contributed by atoms with Gasteiger partial charge in [-0.25, -0.2) is 0 Å². The highest BCUT2D eigenvalue weighted by atomic mass is 16.5. The van der Waals surface area contributed by atoms with Crippen LogP contribution in [0.3, 0.4) is 0 Å². The monoisotopic (exact) mass is 379 g/mol. The van der Waals surface area contributed by atoms with E-state index in [-0.39, 0.29) is 5.91 Å². The number of nitrogens with zero attached hydrogens (tertiary/aromatic N) is 3. The Morgan fingerprint density at radius 2 is 1.75 bits per heavy atom. The van der Waals surface area contributed by atoms with E-state index in [2.05, 4.69) is 27.2 Å². The second-order valence-corrected chi connectivity index (χ2v) is 9.19. The van der Waals surface area contributed by atoms with Gasteiger partial charge in [0.1, 0.15) is 0 Å². The predicted molar refractivity (Wildman–Crippen MR) is 105 cm³/mol. The third-order valence-corrected chi connectivity index (χ3v) is 7.29. The molecule has 4 saturated carbocycles. The first-order valence-electron chi connectivity index (χ1n) is 10.8. The van der Waals surface area contributed by atoms with Gasteiger partial charge in [-0.1, -0.05) is 35.5 Å². The third kappa shape index (κ3) is 3.47. The summed E-state index contributed by atoms with van der Waals surface area (Å²) >= 11 is 0. The van der Waals surface area contributed by atoms with Crippen LogP contribution in [0.15, 0.2) is 34.9 Å². The molecule has 0 saturated heterocycles. The highest BCUT2D eigenvalue weighted by molar-refractivity contribution is 5.76. The van der Waals surface area contributed by atoms with E-state index in [1.807, 2.05) is 25.2 Å². The van der Waals surface area contributed by atoms with Gasteiger partial charge in [0, 0.05) is 32.4 Å². The minimum absolute atomic E-state index is 0.222. The molecule has 0 unspecified atom stereocenters. The van der Waals surface area contributed by atoms with E-state index >= 15 is 0 Å². The number of carbonyl (C=O) groups is 1. The zero-order valence-corrected chi connectivity index (χ0v) is 16.6. The smallest absolute Gasteiger partial charge is 0.227 e. The molecule has 0 radical (unpaired) electrons. The summed E-state index contributed by atoms with van der Waals surface area (Å²) in [7, 11) is 2.02. The Morgan fingerprint density at radius 1 is 1.07 bits per heavy atom. The van der Waals surface area contributed by atoms with Gasteiger partial charge in [0.05, 0.1) is 0 Å². The number of benzene rings is 1. The first-order valence-corrected chi connectivity index (χ1v) is 10.8. The van der Waals surface area contributed by atoms with Gasteiger partial charge in [0.25, 0.3) is 0 Å². The van der Waals surface area contributed by atoms with Crippen LogP contribution in [0.5, 0.6) is 0 Å². The maximum atomic E-state index is 12.9. The van der Waals surface area contributed by atoms with Crippen LogP contribution >= 0.6 is 0 Å². The van der Waals surface area contributed by atoms with E-state index in [1.54, 1.807) is 0 Å². The molecular weight excluding hydrogens is 350 g/mol. The van der Waals surface area contributed by atoms with Gasteiger partial charge in [-0.15, -0.1) is 0 Å².